The minimum atomic E-state index is -3.52. The standard InChI is InChI=1S/C38H53F2NO2Si/c1-24(2)44(25(3)4,26(5)6)21-20-38(39,40)37(43)19-18-34-32-16-12-28-22-30(42)15-17-31(28)35(32)33(23-36(34,37)7)27-10-13-29(14-11-27)41(8)9/h10-11,13-14,22,24-26,32-34,43H,12,15-19,23H2,1-9H3/t32?,33?,34?,36-,37-/m0/s1. The van der Waals surface area contributed by atoms with Crippen molar-refractivity contribution in [1.29, 1.82) is 0 Å². The minimum Gasteiger partial charge on any atom is -0.382 e. The lowest BCUT2D eigenvalue weighted by Gasteiger charge is -2.55. The molecule has 1 aromatic carbocycles. The van der Waals surface area contributed by atoms with Gasteiger partial charge < -0.3 is 10.0 Å². The van der Waals surface area contributed by atoms with Crippen molar-refractivity contribution in [2.45, 2.75) is 127 Å². The highest BCUT2D eigenvalue weighted by Crippen LogP contribution is 2.69. The van der Waals surface area contributed by atoms with Crippen molar-refractivity contribution in [3.8, 4) is 11.5 Å². The number of ketones is 1. The van der Waals surface area contributed by atoms with E-state index in [1.54, 1.807) is 0 Å². The van der Waals surface area contributed by atoms with Gasteiger partial charge in [-0.3, -0.25) is 4.79 Å². The number of carbonyl (C=O) groups excluding carboxylic acids is 1. The normalized spacial score (nSPS) is 30.6. The second kappa shape index (κ2) is 11.5. The molecule has 5 atom stereocenters. The predicted octanol–water partition coefficient (Wildman–Crippen LogP) is 9.24. The van der Waals surface area contributed by atoms with Gasteiger partial charge in [-0.1, -0.05) is 66.2 Å². The van der Waals surface area contributed by atoms with Crippen molar-refractivity contribution in [3.63, 3.8) is 0 Å². The van der Waals surface area contributed by atoms with Gasteiger partial charge in [-0.05, 0) is 108 Å². The number of rotatable bonds is 6. The average Bonchev–Trinajstić information content (AvgIpc) is 3.23. The molecule has 0 saturated heterocycles. The van der Waals surface area contributed by atoms with Crippen LogP contribution in [-0.2, 0) is 4.79 Å². The van der Waals surface area contributed by atoms with Gasteiger partial charge in [0.15, 0.2) is 5.78 Å². The van der Waals surface area contributed by atoms with Crippen molar-refractivity contribution in [2.75, 3.05) is 19.0 Å². The summed E-state index contributed by atoms with van der Waals surface area (Å²) in [6.45, 7) is 14.7. The lowest BCUT2D eigenvalue weighted by Crippen LogP contribution is -2.60. The highest BCUT2D eigenvalue weighted by molar-refractivity contribution is 6.90. The van der Waals surface area contributed by atoms with Crippen molar-refractivity contribution in [1.82, 2.24) is 0 Å². The summed E-state index contributed by atoms with van der Waals surface area (Å²) in [6, 6.07) is 8.48. The maximum absolute atomic E-state index is 16.8. The van der Waals surface area contributed by atoms with E-state index < -0.39 is 25.0 Å². The van der Waals surface area contributed by atoms with E-state index in [2.05, 4.69) is 82.2 Å². The molecular weight excluding hydrogens is 569 g/mol. The molecule has 0 aliphatic heterocycles. The van der Waals surface area contributed by atoms with Gasteiger partial charge in [0.25, 0.3) is 0 Å². The summed E-state index contributed by atoms with van der Waals surface area (Å²) >= 11 is 0. The molecule has 240 valence electrons. The first kappa shape index (κ1) is 33.1. The Balaban J connectivity index is 1.64. The van der Waals surface area contributed by atoms with Gasteiger partial charge in [-0.15, -0.1) is 5.54 Å². The highest BCUT2D eigenvalue weighted by atomic mass is 28.3. The van der Waals surface area contributed by atoms with E-state index in [0.717, 1.165) is 36.1 Å². The Morgan fingerprint density at radius 3 is 2.16 bits per heavy atom. The van der Waals surface area contributed by atoms with E-state index in [0.29, 0.717) is 19.3 Å². The third-order valence-electron chi connectivity index (χ3n) is 12.5. The molecule has 1 N–H and O–H groups in total. The first-order chi connectivity index (χ1) is 20.5. The van der Waals surface area contributed by atoms with Crippen LogP contribution in [0.25, 0.3) is 0 Å². The van der Waals surface area contributed by atoms with Crippen LogP contribution in [0.1, 0.15) is 105 Å². The summed E-state index contributed by atoms with van der Waals surface area (Å²) in [5.41, 5.74) is 6.73. The monoisotopic (exact) mass is 621 g/mol. The number of hydrogen-bond acceptors (Lipinski definition) is 3. The van der Waals surface area contributed by atoms with E-state index in [-0.39, 0.29) is 46.6 Å². The first-order valence-electron chi connectivity index (χ1n) is 16.9. The number of alkyl halides is 2. The molecule has 44 heavy (non-hydrogen) atoms. The number of carbonyl (C=O) groups is 1. The van der Waals surface area contributed by atoms with Crippen LogP contribution < -0.4 is 4.90 Å². The van der Waals surface area contributed by atoms with Crippen LogP contribution in [0.15, 0.2) is 47.1 Å². The van der Waals surface area contributed by atoms with Gasteiger partial charge >= 0.3 is 5.92 Å². The molecule has 0 amide bonds. The number of halogens is 2. The highest BCUT2D eigenvalue weighted by Gasteiger charge is 2.71. The maximum Gasteiger partial charge on any atom is 0.336 e. The first-order valence-corrected chi connectivity index (χ1v) is 19.1. The molecule has 0 radical (unpaired) electrons. The Morgan fingerprint density at radius 2 is 1.59 bits per heavy atom. The van der Waals surface area contributed by atoms with Crippen molar-refractivity contribution in [2.24, 2.45) is 17.3 Å². The molecular formula is C38H53F2NO2Si. The summed E-state index contributed by atoms with van der Waals surface area (Å²) in [7, 11) is 1.60. The molecule has 1 aromatic rings. The summed E-state index contributed by atoms with van der Waals surface area (Å²) < 4.78 is 33.6. The Hall–Kier alpha value is -2.23. The van der Waals surface area contributed by atoms with Crippen molar-refractivity contribution >= 4 is 19.5 Å². The quantitative estimate of drug-likeness (QED) is 0.254. The molecule has 6 heteroatoms. The Bertz CT molecular complexity index is 1390. The predicted molar refractivity (Wildman–Crippen MR) is 180 cm³/mol. The van der Waals surface area contributed by atoms with Crippen LogP contribution in [-0.4, -0.2) is 44.6 Å². The molecule has 0 bridgehead atoms. The zero-order valence-electron chi connectivity index (χ0n) is 28.4. The zero-order chi connectivity index (χ0) is 32.4. The SMILES string of the molecule is CC(C)[Si](C#CC(F)(F)[C@]1(O)CCC2C3CCC4=CC(=O)CCC4=C3C(c3ccc(N(C)C)cc3)C[C@@]21C)(C(C)C)C(C)C. The van der Waals surface area contributed by atoms with Crippen LogP contribution in [0.2, 0.25) is 16.6 Å². The van der Waals surface area contributed by atoms with E-state index in [9.17, 15) is 9.90 Å². The summed E-state index contributed by atoms with van der Waals surface area (Å²) in [4.78, 5) is 14.4. The lowest BCUT2D eigenvalue weighted by atomic mass is 9.50. The minimum absolute atomic E-state index is 0.0542. The fourth-order valence-electron chi connectivity index (χ4n) is 10.2. The Kier molecular flexibility index (Phi) is 8.69. The zero-order valence-corrected chi connectivity index (χ0v) is 29.4. The van der Waals surface area contributed by atoms with E-state index in [1.807, 2.05) is 27.1 Å². The molecule has 2 saturated carbocycles. The average molecular weight is 622 g/mol. The number of allylic oxidation sites excluding steroid dienone is 4. The van der Waals surface area contributed by atoms with E-state index in [4.69, 9.17) is 0 Å². The molecule has 4 aliphatic rings. The molecule has 5 rings (SSSR count). The number of benzene rings is 1. The van der Waals surface area contributed by atoms with Gasteiger partial charge in [0.05, 0.1) is 0 Å². The van der Waals surface area contributed by atoms with Crippen LogP contribution in [0, 0.1) is 28.7 Å². The van der Waals surface area contributed by atoms with Gasteiger partial charge in [0.2, 0.25) is 0 Å². The third-order valence-corrected chi connectivity index (χ3v) is 18.8. The van der Waals surface area contributed by atoms with Gasteiger partial charge in [0.1, 0.15) is 13.7 Å². The van der Waals surface area contributed by atoms with Crippen molar-refractivity contribution < 1.29 is 18.7 Å². The summed E-state index contributed by atoms with van der Waals surface area (Å²) in [5, 5.41) is 12.4. The van der Waals surface area contributed by atoms with Crippen LogP contribution >= 0.6 is 0 Å². The fourth-order valence-corrected chi connectivity index (χ4v) is 15.4. The van der Waals surface area contributed by atoms with Gasteiger partial charge in [-0.25, -0.2) is 0 Å². The van der Waals surface area contributed by atoms with Crippen LogP contribution in [0.5, 0.6) is 0 Å². The van der Waals surface area contributed by atoms with Gasteiger partial charge in [-0.2, -0.15) is 8.78 Å². The molecule has 0 spiro atoms. The molecule has 3 unspecified atom stereocenters. The van der Waals surface area contributed by atoms with Crippen LogP contribution in [0.3, 0.4) is 0 Å². The molecule has 2 fully saturated rings. The van der Waals surface area contributed by atoms with E-state index in [1.165, 1.54) is 11.1 Å². The number of hydrogen-bond donors (Lipinski definition) is 1. The maximum atomic E-state index is 16.8. The second-order valence-electron chi connectivity index (χ2n) is 15.6. The topological polar surface area (TPSA) is 40.5 Å². The number of anilines is 1. The number of aliphatic hydroxyl groups is 1. The summed E-state index contributed by atoms with van der Waals surface area (Å²) in [6.07, 6.45) is 5.78. The molecule has 3 nitrogen and oxygen atoms in total. The number of fused-ring (bicyclic) bond motifs is 4. The van der Waals surface area contributed by atoms with Crippen LogP contribution in [0.4, 0.5) is 14.5 Å². The summed E-state index contributed by atoms with van der Waals surface area (Å²) in [5.74, 6) is -0.818. The third kappa shape index (κ3) is 4.96. The number of nitrogens with zero attached hydrogens (tertiary/aromatic N) is 1. The van der Waals surface area contributed by atoms with E-state index >= 15 is 8.78 Å². The largest absolute Gasteiger partial charge is 0.382 e. The smallest absolute Gasteiger partial charge is 0.336 e. The second-order valence-corrected chi connectivity index (χ2v) is 21.2. The molecule has 0 heterocycles. The van der Waals surface area contributed by atoms with Gasteiger partial charge in [0, 0.05) is 37.5 Å². The lowest BCUT2D eigenvalue weighted by molar-refractivity contribution is -0.209. The van der Waals surface area contributed by atoms with Crippen molar-refractivity contribution in [3.05, 3.63) is 52.6 Å². The molecule has 4 aliphatic carbocycles. The fraction of sp³-hybridized carbons (Fsp3) is 0.658. The Labute approximate surface area is 265 Å². The Morgan fingerprint density at radius 1 is 0.977 bits per heavy atom. The molecule has 0 aromatic heterocycles.